The first-order chi connectivity index (χ1) is 13.6. The maximum absolute atomic E-state index is 13.1. The molecule has 2 aromatic carbocycles. The standard InChI is InChI=1S/C22H20N4OS/c1-13-10-11-14(2)16(12-13)21(27)24-20-15-6-5-8-17(15)25-26(20)22-23-18-7-3-4-9-19(18)28-22/h3-4,7,9-12H,5-6,8H2,1-2H3,(H,24,27). The maximum atomic E-state index is 13.1. The number of anilines is 1. The molecule has 5 nitrogen and oxygen atoms in total. The number of aryl methyl sites for hydroxylation is 3. The summed E-state index contributed by atoms with van der Waals surface area (Å²) in [6.45, 7) is 3.96. The van der Waals surface area contributed by atoms with Gasteiger partial charge in [0.2, 0.25) is 5.13 Å². The lowest BCUT2D eigenvalue weighted by Crippen LogP contribution is -2.17. The van der Waals surface area contributed by atoms with Crippen LogP contribution in [0, 0.1) is 13.8 Å². The molecule has 0 spiro atoms. The lowest BCUT2D eigenvalue weighted by molar-refractivity contribution is 0.102. The molecule has 4 aromatic rings. The van der Waals surface area contributed by atoms with E-state index in [1.165, 1.54) is 0 Å². The number of rotatable bonds is 3. The van der Waals surface area contributed by atoms with Crippen LogP contribution in [0.5, 0.6) is 0 Å². The van der Waals surface area contributed by atoms with Gasteiger partial charge in [0.25, 0.3) is 5.91 Å². The second kappa shape index (κ2) is 6.56. The molecule has 1 amide bonds. The van der Waals surface area contributed by atoms with Crippen molar-refractivity contribution in [1.29, 1.82) is 0 Å². The van der Waals surface area contributed by atoms with Gasteiger partial charge >= 0.3 is 0 Å². The van der Waals surface area contributed by atoms with Crippen molar-refractivity contribution in [2.24, 2.45) is 0 Å². The van der Waals surface area contributed by atoms with Crippen LogP contribution < -0.4 is 5.32 Å². The van der Waals surface area contributed by atoms with Crippen LogP contribution in [0.4, 0.5) is 5.82 Å². The number of carbonyl (C=O) groups is 1. The summed E-state index contributed by atoms with van der Waals surface area (Å²) in [6.07, 6.45) is 2.95. The maximum Gasteiger partial charge on any atom is 0.257 e. The van der Waals surface area contributed by atoms with E-state index >= 15 is 0 Å². The summed E-state index contributed by atoms with van der Waals surface area (Å²) in [7, 11) is 0. The number of nitrogens with zero attached hydrogens (tertiary/aromatic N) is 3. The molecule has 5 rings (SSSR count). The Balaban J connectivity index is 1.59. The quantitative estimate of drug-likeness (QED) is 0.546. The number of fused-ring (bicyclic) bond motifs is 2. The minimum Gasteiger partial charge on any atom is -0.306 e. The summed E-state index contributed by atoms with van der Waals surface area (Å²) in [4.78, 5) is 17.8. The van der Waals surface area contributed by atoms with Gasteiger partial charge in [0, 0.05) is 11.1 Å². The van der Waals surface area contributed by atoms with Crippen LogP contribution in [0.1, 0.15) is 39.2 Å². The smallest absolute Gasteiger partial charge is 0.257 e. The van der Waals surface area contributed by atoms with Crippen molar-refractivity contribution in [2.45, 2.75) is 33.1 Å². The average molecular weight is 388 g/mol. The molecule has 0 saturated carbocycles. The zero-order valence-corrected chi connectivity index (χ0v) is 16.6. The number of carbonyl (C=O) groups excluding carboxylic acids is 1. The Labute approximate surface area is 167 Å². The number of benzene rings is 2. The molecule has 2 aromatic heterocycles. The lowest BCUT2D eigenvalue weighted by atomic mass is 10.1. The molecule has 0 atom stereocenters. The van der Waals surface area contributed by atoms with Gasteiger partial charge in [-0.3, -0.25) is 4.79 Å². The zero-order valence-electron chi connectivity index (χ0n) is 15.8. The molecule has 0 radical (unpaired) electrons. The van der Waals surface area contributed by atoms with Gasteiger partial charge in [-0.05, 0) is 56.9 Å². The number of aromatic nitrogens is 3. The van der Waals surface area contributed by atoms with E-state index in [1.54, 1.807) is 11.3 Å². The largest absolute Gasteiger partial charge is 0.306 e. The van der Waals surface area contributed by atoms with E-state index in [4.69, 9.17) is 10.1 Å². The molecule has 1 aliphatic rings. The minimum absolute atomic E-state index is 0.0989. The van der Waals surface area contributed by atoms with Crippen molar-refractivity contribution >= 4 is 33.3 Å². The van der Waals surface area contributed by atoms with Crippen LogP contribution in [-0.2, 0) is 12.8 Å². The molecule has 2 heterocycles. The van der Waals surface area contributed by atoms with Crippen molar-refractivity contribution in [3.05, 3.63) is 70.4 Å². The molecular weight excluding hydrogens is 368 g/mol. The zero-order chi connectivity index (χ0) is 19.3. The van der Waals surface area contributed by atoms with Crippen molar-refractivity contribution in [2.75, 3.05) is 5.32 Å². The predicted octanol–water partition coefficient (Wildman–Crippen LogP) is 4.84. The highest BCUT2D eigenvalue weighted by Gasteiger charge is 2.26. The van der Waals surface area contributed by atoms with E-state index in [2.05, 4.69) is 11.4 Å². The van der Waals surface area contributed by atoms with Gasteiger partial charge in [-0.15, -0.1) is 0 Å². The van der Waals surface area contributed by atoms with Crippen LogP contribution in [0.3, 0.4) is 0 Å². The van der Waals surface area contributed by atoms with Crippen LogP contribution >= 0.6 is 11.3 Å². The molecule has 140 valence electrons. The second-order valence-corrected chi connectivity index (χ2v) is 8.28. The third kappa shape index (κ3) is 2.81. The summed E-state index contributed by atoms with van der Waals surface area (Å²) in [6, 6.07) is 14.0. The predicted molar refractivity (Wildman–Crippen MR) is 113 cm³/mol. The average Bonchev–Trinajstić information content (AvgIpc) is 3.38. The van der Waals surface area contributed by atoms with Crippen molar-refractivity contribution in [1.82, 2.24) is 14.8 Å². The van der Waals surface area contributed by atoms with Gasteiger partial charge < -0.3 is 5.32 Å². The fraction of sp³-hybridized carbons (Fsp3) is 0.227. The molecule has 6 heteroatoms. The van der Waals surface area contributed by atoms with Crippen molar-refractivity contribution in [3.63, 3.8) is 0 Å². The van der Waals surface area contributed by atoms with Gasteiger partial charge in [-0.2, -0.15) is 9.78 Å². The summed E-state index contributed by atoms with van der Waals surface area (Å²) in [5.74, 6) is 0.663. The molecule has 1 aliphatic carbocycles. The van der Waals surface area contributed by atoms with E-state index < -0.39 is 0 Å². The molecule has 0 aliphatic heterocycles. The fourth-order valence-corrected chi connectivity index (χ4v) is 4.69. The first-order valence-electron chi connectivity index (χ1n) is 9.45. The fourth-order valence-electron chi connectivity index (χ4n) is 3.76. The summed E-state index contributed by atoms with van der Waals surface area (Å²) in [5, 5.41) is 8.72. The van der Waals surface area contributed by atoms with E-state index in [-0.39, 0.29) is 5.91 Å². The molecule has 0 fully saturated rings. The Morgan fingerprint density at radius 1 is 1.14 bits per heavy atom. The molecule has 0 saturated heterocycles. The van der Waals surface area contributed by atoms with E-state index in [1.807, 2.05) is 54.9 Å². The minimum atomic E-state index is -0.0989. The Bertz CT molecular complexity index is 1190. The highest BCUT2D eigenvalue weighted by Crippen LogP contribution is 2.34. The van der Waals surface area contributed by atoms with Gasteiger partial charge in [-0.1, -0.05) is 41.2 Å². The third-order valence-corrected chi connectivity index (χ3v) is 6.25. The topological polar surface area (TPSA) is 59.8 Å². The Kier molecular flexibility index (Phi) is 4.02. The molecular formula is C22H20N4OS. The second-order valence-electron chi connectivity index (χ2n) is 7.28. The Hall–Kier alpha value is -2.99. The van der Waals surface area contributed by atoms with Gasteiger partial charge in [-0.25, -0.2) is 4.98 Å². The third-order valence-electron chi connectivity index (χ3n) is 5.24. The van der Waals surface area contributed by atoms with Gasteiger partial charge in [0.05, 0.1) is 15.9 Å². The van der Waals surface area contributed by atoms with Crippen LogP contribution in [-0.4, -0.2) is 20.7 Å². The monoisotopic (exact) mass is 388 g/mol. The Morgan fingerprint density at radius 2 is 2.00 bits per heavy atom. The molecule has 1 N–H and O–H groups in total. The van der Waals surface area contributed by atoms with Gasteiger partial charge in [0.1, 0.15) is 5.82 Å². The first-order valence-corrected chi connectivity index (χ1v) is 10.3. The number of para-hydroxylation sites is 1. The van der Waals surface area contributed by atoms with E-state index in [9.17, 15) is 4.79 Å². The highest BCUT2D eigenvalue weighted by atomic mass is 32.1. The van der Waals surface area contributed by atoms with Crippen LogP contribution in [0.25, 0.3) is 15.3 Å². The van der Waals surface area contributed by atoms with Crippen molar-refractivity contribution < 1.29 is 4.79 Å². The van der Waals surface area contributed by atoms with E-state index in [0.717, 1.165) is 62.8 Å². The van der Waals surface area contributed by atoms with Crippen molar-refractivity contribution in [3.8, 4) is 5.13 Å². The number of hydrogen-bond donors (Lipinski definition) is 1. The summed E-state index contributed by atoms with van der Waals surface area (Å²) < 4.78 is 2.93. The first kappa shape index (κ1) is 17.1. The Morgan fingerprint density at radius 3 is 2.86 bits per heavy atom. The number of amides is 1. The highest BCUT2D eigenvalue weighted by molar-refractivity contribution is 7.20. The molecule has 0 unspecified atom stereocenters. The van der Waals surface area contributed by atoms with Crippen LogP contribution in [0.2, 0.25) is 0 Å². The van der Waals surface area contributed by atoms with Crippen LogP contribution in [0.15, 0.2) is 42.5 Å². The van der Waals surface area contributed by atoms with Gasteiger partial charge in [0.15, 0.2) is 0 Å². The summed E-state index contributed by atoms with van der Waals surface area (Å²) in [5.41, 5.74) is 5.88. The summed E-state index contributed by atoms with van der Waals surface area (Å²) >= 11 is 1.59. The lowest BCUT2D eigenvalue weighted by Gasteiger charge is -2.11. The number of nitrogens with one attached hydrogen (secondary N) is 1. The SMILES string of the molecule is Cc1ccc(C)c(C(=O)Nc2c3c(nn2-c2nc4ccccc4s2)CCC3)c1. The molecule has 0 bridgehead atoms. The normalized spacial score (nSPS) is 13.1. The number of hydrogen-bond acceptors (Lipinski definition) is 4. The van der Waals surface area contributed by atoms with E-state index in [0.29, 0.717) is 5.56 Å². The number of thiazole rings is 1. The molecule has 28 heavy (non-hydrogen) atoms.